The summed E-state index contributed by atoms with van der Waals surface area (Å²) in [5.74, 6) is -1.15. The summed E-state index contributed by atoms with van der Waals surface area (Å²) in [7, 11) is 0. The average Bonchev–Trinajstić information content (AvgIpc) is 2.76. The Hall–Kier alpha value is -2.09. The summed E-state index contributed by atoms with van der Waals surface area (Å²) < 4.78 is 1.75. The van der Waals surface area contributed by atoms with Crippen molar-refractivity contribution >= 4 is 12.0 Å². The lowest BCUT2D eigenvalue weighted by Crippen LogP contribution is -2.37. The predicted molar refractivity (Wildman–Crippen MR) is 57.0 cm³/mol. The molecule has 8 nitrogen and oxygen atoms in total. The standard InChI is InChI=1S/C9H14N4O4/c14-8(15)7-17-12-9(16)10-3-1-5-13-6-2-4-11-13/h2,4,6H,1,3,5,7H2,(H,14,15)(H2,10,12,16). The molecular weight excluding hydrogens is 228 g/mol. The molecule has 17 heavy (non-hydrogen) atoms. The lowest BCUT2D eigenvalue weighted by molar-refractivity contribution is -0.144. The third-order valence-corrected chi connectivity index (χ3v) is 1.77. The van der Waals surface area contributed by atoms with Gasteiger partial charge >= 0.3 is 12.0 Å². The molecule has 0 spiro atoms. The van der Waals surface area contributed by atoms with E-state index in [-0.39, 0.29) is 0 Å². The van der Waals surface area contributed by atoms with Crippen molar-refractivity contribution < 1.29 is 19.5 Å². The van der Waals surface area contributed by atoms with E-state index < -0.39 is 18.6 Å². The van der Waals surface area contributed by atoms with Gasteiger partial charge < -0.3 is 10.4 Å². The maximum Gasteiger partial charge on any atom is 0.338 e. The van der Waals surface area contributed by atoms with Gasteiger partial charge in [0.25, 0.3) is 0 Å². The zero-order valence-electron chi connectivity index (χ0n) is 9.13. The second kappa shape index (κ2) is 7.23. The van der Waals surface area contributed by atoms with Gasteiger partial charge in [-0.05, 0) is 12.5 Å². The number of nitrogens with one attached hydrogen (secondary N) is 2. The van der Waals surface area contributed by atoms with Crippen LogP contribution in [0, 0.1) is 0 Å². The Kier molecular flexibility index (Phi) is 5.52. The number of carboxylic acid groups (broad SMARTS) is 1. The zero-order chi connectivity index (χ0) is 12.5. The number of carbonyl (C=O) groups is 2. The first-order chi connectivity index (χ1) is 8.18. The van der Waals surface area contributed by atoms with Crippen molar-refractivity contribution in [1.82, 2.24) is 20.6 Å². The van der Waals surface area contributed by atoms with Gasteiger partial charge in [0, 0.05) is 25.5 Å². The Morgan fingerprint density at radius 1 is 1.47 bits per heavy atom. The second-order valence-corrected chi connectivity index (χ2v) is 3.16. The van der Waals surface area contributed by atoms with Gasteiger partial charge in [0.2, 0.25) is 0 Å². The molecule has 0 radical (unpaired) electrons. The third kappa shape index (κ3) is 6.15. The fraction of sp³-hybridized carbons (Fsp3) is 0.444. The van der Waals surface area contributed by atoms with E-state index in [4.69, 9.17) is 5.11 Å². The van der Waals surface area contributed by atoms with Crippen LogP contribution in [0.1, 0.15) is 6.42 Å². The number of nitrogens with zero attached hydrogens (tertiary/aromatic N) is 2. The number of hydrogen-bond acceptors (Lipinski definition) is 4. The summed E-state index contributed by atoms with van der Waals surface area (Å²) in [5.41, 5.74) is 1.95. The van der Waals surface area contributed by atoms with Gasteiger partial charge in [0.05, 0.1) is 0 Å². The summed E-state index contributed by atoms with van der Waals surface area (Å²) in [5, 5.41) is 14.7. The van der Waals surface area contributed by atoms with E-state index in [1.807, 2.05) is 17.7 Å². The van der Waals surface area contributed by atoms with Gasteiger partial charge in [-0.3, -0.25) is 9.52 Å². The molecule has 94 valence electrons. The van der Waals surface area contributed by atoms with E-state index in [2.05, 4.69) is 15.3 Å². The van der Waals surface area contributed by atoms with Crippen LogP contribution in [0.5, 0.6) is 0 Å². The molecule has 0 aromatic carbocycles. The topological polar surface area (TPSA) is 105 Å². The summed E-state index contributed by atoms with van der Waals surface area (Å²) in [6, 6.07) is 1.26. The summed E-state index contributed by atoms with van der Waals surface area (Å²) in [6.45, 7) is 0.575. The smallest absolute Gasteiger partial charge is 0.338 e. The summed E-state index contributed by atoms with van der Waals surface area (Å²) in [6.07, 6.45) is 4.23. The average molecular weight is 242 g/mol. The van der Waals surface area contributed by atoms with Crippen LogP contribution in [0.3, 0.4) is 0 Å². The van der Waals surface area contributed by atoms with Gasteiger partial charge in [-0.15, -0.1) is 0 Å². The fourth-order valence-electron chi connectivity index (χ4n) is 1.08. The van der Waals surface area contributed by atoms with Crippen LogP contribution >= 0.6 is 0 Å². The first-order valence-electron chi connectivity index (χ1n) is 5.03. The molecule has 0 aliphatic heterocycles. The van der Waals surface area contributed by atoms with Gasteiger partial charge in [-0.1, -0.05) is 0 Å². The highest BCUT2D eigenvalue weighted by Crippen LogP contribution is 1.87. The number of carboxylic acids is 1. The normalized spacial score (nSPS) is 9.88. The molecule has 0 saturated heterocycles. The molecule has 0 atom stereocenters. The largest absolute Gasteiger partial charge is 0.479 e. The summed E-state index contributed by atoms with van der Waals surface area (Å²) >= 11 is 0. The molecule has 1 aromatic heterocycles. The molecule has 0 saturated carbocycles. The molecule has 0 aliphatic carbocycles. The first-order valence-corrected chi connectivity index (χ1v) is 5.03. The van der Waals surface area contributed by atoms with Crippen LogP contribution in [0.25, 0.3) is 0 Å². The van der Waals surface area contributed by atoms with Crippen LogP contribution in [0.2, 0.25) is 0 Å². The SMILES string of the molecule is O=C(O)CONC(=O)NCCCn1cccn1. The highest BCUT2D eigenvalue weighted by atomic mass is 16.7. The Morgan fingerprint density at radius 3 is 2.94 bits per heavy atom. The summed E-state index contributed by atoms with van der Waals surface area (Å²) in [4.78, 5) is 25.5. The van der Waals surface area contributed by atoms with E-state index in [1.54, 1.807) is 10.9 Å². The lowest BCUT2D eigenvalue weighted by atomic mass is 10.4. The van der Waals surface area contributed by atoms with Gasteiger partial charge in [-0.2, -0.15) is 5.10 Å². The van der Waals surface area contributed by atoms with Crippen molar-refractivity contribution in [2.45, 2.75) is 13.0 Å². The van der Waals surface area contributed by atoms with E-state index >= 15 is 0 Å². The Labute approximate surface area is 97.5 Å². The molecule has 1 heterocycles. The van der Waals surface area contributed by atoms with E-state index in [1.165, 1.54) is 0 Å². The maximum atomic E-state index is 11.0. The molecule has 8 heteroatoms. The predicted octanol–water partition coefficient (Wildman–Crippen LogP) is -0.411. The van der Waals surface area contributed by atoms with Crippen molar-refractivity contribution in [3.05, 3.63) is 18.5 Å². The Balaban J connectivity index is 1.98. The number of hydroxylamine groups is 1. The van der Waals surface area contributed by atoms with Crippen LogP contribution in [-0.2, 0) is 16.2 Å². The zero-order valence-corrected chi connectivity index (χ0v) is 9.13. The Bertz CT molecular complexity index is 352. The van der Waals surface area contributed by atoms with Crippen molar-refractivity contribution in [2.75, 3.05) is 13.2 Å². The molecule has 1 rings (SSSR count). The monoisotopic (exact) mass is 242 g/mol. The first kappa shape index (κ1) is 13.0. The van der Waals surface area contributed by atoms with Crippen molar-refractivity contribution in [3.8, 4) is 0 Å². The van der Waals surface area contributed by atoms with Gasteiger partial charge in [0.15, 0.2) is 6.61 Å². The second-order valence-electron chi connectivity index (χ2n) is 3.16. The van der Waals surface area contributed by atoms with Crippen molar-refractivity contribution in [1.29, 1.82) is 0 Å². The van der Waals surface area contributed by atoms with Gasteiger partial charge in [-0.25, -0.2) is 15.1 Å². The van der Waals surface area contributed by atoms with E-state index in [9.17, 15) is 9.59 Å². The lowest BCUT2D eigenvalue weighted by Gasteiger charge is -2.06. The van der Waals surface area contributed by atoms with Gasteiger partial charge in [0.1, 0.15) is 0 Å². The number of rotatable bonds is 7. The number of aliphatic carboxylic acids is 1. The molecule has 0 fully saturated rings. The molecule has 0 bridgehead atoms. The maximum absolute atomic E-state index is 11.0. The quantitative estimate of drug-likeness (QED) is 0.445. The molecule has 2 amide bonds. The molecule has 3 N–H and O–H groups in total. The highest BCUT2D eigenvalue weighted by molar-refractivity contribution is 5.73. The van der Waals surface area contributed by atoms with Crippen LogP contribution in [0.15, 0.2) is 18.5 Å². The highest BCUT2D eigenvalue weighted by Gasteiger charge is 2.01. The number of carbonyl (C=O) groups excluding carboxylic acids is 1. The number of aryl methyl sites for hydroxylation is 1. The van der Waals surface area contributed by atoms with Crippen LogP contribution in [-0.4, -0.2) is 40.0 Å². The molecule has 1 aromatic rings. The van der Waals surface area contributed by atoms with Crippen LogP contribution in [0.4, 0.5) is 4.79 Å². The fourth-order valence-corrected chi connectivity index (χ4v) is 1.08. The molecule has 0 aliphatic rings. The van der Waals surface area contributed by atoms with E-state index in [0.29, 0.717) is 19.5 Å². The van der Waals surface area contributed by atoms with E-state index in [0.717, 1.165) is 0 Å². The van der Waals surface area contributed by atoms with Crippen molar-refractivity contribution in [3.63, 3.8) is 0 Å². The minimum absolute atomic E-state index is 0.447. The minimum atomic E-state index is -1.15. The number of aromatic nitrogens is 2. The molecule has 0 unspecified atom stereocenters. The molecular formula is C9H14N4O4. The Morgan fingerprint density at radius 2 is 2.29 bits per heavy atom. The minimum Gasteiger partial charge on any atom is -0.479 e. The van der Waals surface area contributed by atoms with Crippen LogP contribution < -0.4 is 10.8 Å². The third-order valence-electron chi connectivity index (χ3n) is 1.77. The van der Waals surface area contributed by atoms with Crippen molar-refractivity contribution in [2.24, 2.45) is 0 Å². The number of amides is 2. The number of urea groups is 1. The number of hydrogen-bond donors (Lipinski definition) is 3.